The number of ether oxygens (including phenoxy) is 2. The van der Waals surface area contributed by atoms with E-state index in [1.807, 2.05) is 39.8 Å². The summed E-state index contributed by atoms with van der Waals surface area (Å²) in [7, 11) is 0. The van der Waals surface area contributed by atoms with Crippen molar-refractivity contribution in [3.8, 4) is 0 Å². The molecule has 46 heavy (non-hydrogen) atoms. The molecule has 0 bridgehead atoms. The maximum absolute atomic E-state index is 12.3. The van der Waals surface area contributed by atoms with Crippen molar-refractivity contribution in [3.05, 3.63) is 47.6 Å². The molecule has 4 aliphatic rings. The van der Waals surface area contributed by atoms with Crippen molar-refractivity contribution in [1.82, 2.24) is 0 Å². The fourth-order valence-electron chi connectivity index (χ4n) is 8.38. The van der Waals surface area contributed by atoms with Gasteiger partial charge in [-0.3, -0.25) is 9.59 Å². The first-order valence-electron chi connectivity index (χ1n) is 17.9. The van der Waals surface area contributed by atoms with Crippen LogP contribution in [0.2, 0.25) is 0 Å². The predicted molar refractivity (Wildman–Crippen MR) is 186 cm³/mol. The van der Waals surface area contributed by atoms with Gasteiger partial charge in [0.25, 0.3) is 0 Å². The van der Waals surface area contributed by atoms with E-state index < -0.39 is 12.2 Å². The molecule has 0 spiro atoms. The van der Waals surface area contributed by atoms with Crippen LogP contribution in [0.4, 0.5) is 0 Å². The topological polar surface area (TPSA) is 93.1 Å². The molecule has 0 aromatic heterocycles. The number of carbonyl (C=O) groups excluding carboxylic acids is 2. The van der Waals surface area contributed by atoms with Gasteiger partial charge in [0.15, 0.2) is 0 Å². The summed E-state index contributed by atoms with van der Waals surface area (Å²) in [6, 6.07) is 0. The summed E-state index contributed by atoms with van der Waals surface area (Å²) in [5, 5.41) is 20.6. The number of esters is 2. The van der Waals surface area contributed by atoms with Gasteiger partial charge in [0.2, 0.25) is 0 Å². The third-order valence-corrected chi connectivity index (χ3v) is 11.1. The van der Waals surface area contributed by atoms with E-state index in [0.717, 1.165) is 30.4 Å². The van der Waals surface area contributed by atoms with Gasteiger partial charge in [0, 0.05) is 24.7 Å². The van der Waals surface area contributed by atoms with Gasteiger partial charge in [0.05, 0.1) is 24.0 Å². The molecule has 0 aliphatic heterocycles. The molecular formula is C40H64O6. The Balaban J connectivity index is 0.000000250. The Hall–Kier alpha value is -2.18. The summed E-state index contributed by atoms with van der Waals surface area (Å²) in [6.45, 7) is 25.6. The molecule has 0 aromatic carbocycles. The smallest absolute Gasteiger partial charge is 0.308 e. The summed E-state index contributed by atoms with van der Waals surface area (Å²) < 4.78 is 11.8. The van der Waals surface area contributed by atoms with Crippen LogP contribution in [0.3, 0.4) is 0 Å². The Morgan fingerprint density at radius 2 is 1.30 bits per heavy atom. The molecule has 6 heteroatoms. The minimum absolute atomic E-state index is 0.0385. The van der Waals surface area contributed by atoms with Crippen LogP contribution < -0.4 is 0 Å². The number of hydrogen-bond acceptors (Lipinski definition) is 6. The van der Waals surface area contributed by atoms with Crippen LogP contribution in [0.25, 0.3) is 0 Å². The molecule has 12 atom stereocenters. The van der Waals surface area contributed by atoms with E-state index in [9.17, 15) is 19.8 Å². The van der Waals surface area contributed by atoms with Gasteiger partial charge in [-0.15, -0.1) is 0 Å². The lowest BCUT2D eigenvalue weighted by molar-refractivity contribution is -0.160. The van der Waals surface area contributed by atoms with Crippen LogP contribution in [0.15, 0.2) is 47.6 Å². The van der Waals surface area contributed by atoms with Crippen LogP contribution in [-0.2, 0) is 19.1 Å². The van der Waals surface area contributed by atoms with Gasteiger partial charge < -0.3 is 19.7 Å². The lowest BCUT2D eigenvalue weighted by atomic mass is 9.58. The van der Waals surface area contributed by atoms with Crippen LogP contribution >= 0.6 is 0 Å². The molecule has 0 saturated carbocycles. The number of fused-ring (bicyclic) bond motifs is 2. The van der Waals surface area contributed by atoms with E-state index in [-0.39, 0.29) is 70.5 Å². The van der Waals surface area contributed by atoms with Crippen molar-refractivity contribution in [2.24, 2.45) is 58.2 Å². The van der Waals surface area contributed by atoms with E-state index in [0.29, 0.717) is 18.3 Å². The number of allylic oxidation sites excluding steroid dienone is 3. The van der Waals surface area contributed by atoms with Gasteiger partial charge in [-0.2, -0.15) is 0 Å². The molecule has 0 saturated heterocycles. The highest BCUT2D eigenvalue weighted by molar-refractivity contribution is 5.72. The van der Waals surface area contributed by atoms with Crippen molar-refractivity contribution in [3.63, 3.8) is 0 Å². The third-order valence-electron chi connectivity index (χ3n) is 11.1. The molecule has 0 fully saturated rings. The summed E-state index contributed by atoms with van der Waals surface area (Å²) in [5.41, 5.74) is 2.40. The Morgan fingerprint density at radius 3 is 1.83 bits per heavy atom. The Kier molecular flexibility index (Phi) is 12.8. The monoisotopic (exact) mass is 640 g/mol. The summed E-state index contributed by atoms with van der Waals surface area (Å²) in [4.78, 5) is 24.6. The normalized spacial score (nSPS) is 35.3. The lowest BCUT2D eigenvalue weighted by Gasteiger charge is -2.49. The van der Waals surface area contributed by atoms with Crippen molar-refractivity contribution in [2.75, 3.05) is 0 Å². The fraction of sp³-hybridized carbons (Fsp3) is 0.750. The first-order chi connectivity index (χ1) is 21.3. The quantitative estimate of drug-likeness (QED) is 0.284. The van der Waals surface area contributed by atoms with Crippen LogP contribution in [-0.4, -0.2) is 46.6 Å². The van der Waals surface area contributed by atoms with Crippen molar-refractivity contribution in [2.45, 2.75) is 133 Å². The number of aliphatic hydroxyl groups excluding tert-OH is 2. The second-order valence-electron chi connectivity index (χ2n) is 16.7. The average molecular weight is 641 g/mol. The Labute approximate surface area is 279 Å². The SMILES string of the molecule is CCC(C)C(=O)OC1CC(O)C=C2C=CC(C)C(C(C)(C)C)C21.CCC(C)C(=O)OC1CC=CC2=CC(O)C(C)C(C(C)(C)C)C21. The molecule has 4 rings (SSSR count). The van der Waals surface area contributed by atoms with Crippen LogP contribution in [0.5, 0.6) is 0 Å². The van der Waals surface area contributed by atoms with Crippen LogP contribution in [0, 0.1) is 58.2 Å². The van der Waals surface area contributed by atoms with Gasteiger partial charge in [-0.1, -0.05) is 120 Å². The number of carbonyl (C=O) groups is 2. The second kappa shape index (κ2) is 15.4. The predicted octanol–water partition coefficient (Wildman–Crippen LogP) is 8.24. The molecule has 4 aliphatic carbocycles. The zero-order chi connectivity index (χ0) is 34.7. The number of rotatable bonds is 6. The zero-order valence-electron chi connectivity index (χ0n) is 30.7. The van der Waals surface area contributed by atoms with Crippen molar-refractivity contribution in [1.29, 1.82) is 0 Å². The summed E-state index contributed by atoms with van der Waals surface area (Å²) in [6.07, 6.45) is 13.9. The standard InChI is InChI=1S/2C20H32O3/c1-7-12(2)19(22)23-16-11-15(21)10-14-9-8-13(3)18(17(14)16)20(4,5)6;1-7-12(2)19(22)23-16-10-8-9-14-11-15(21)13(3)18(17(14)16)20(4,5)6/h8-10,12-13,15-18,21H,7,11H2,1-6H3;8-9,11-13,15-18,21H,7,10H2,1-6H3. The number of hydrogen-bond donors (Lipinski definition) is 2. The molecule has 0 heterocycles. The summed E-state index contributed by atoms with van der Waals surface area (Å²) >= 11 is 0. The van der Waals surface area contributed by atoms with E-state index in [1.54, 1.807) is 0 Å². The minimum Gasteiger partial charge on any atom is -0.461 e. The lowest BCUT2D eigenvalue weighted by Crippen LogP contribution is -2.48. The molecule has 2 N–H and O–H groups in total. The molecule has 6 nitrogen and oxygen atoms in total. The van der Waals surface area contributed by atoms with E-state index >= 15 is 0 Å². The van der Waals surface area contributed by atoms with Gasteiger partial charge in [-0.25, -0.2) is 0 Å². The summed E-state index contributed by atoms with van der Waals surface area (Å²) in [5.74, 6) is 1.20. The fourth-order valence-corrected chi connectivity index (χ4v) is 8.38. The van der Waals surface area contributed by atoms with Crippen molar-refractivity contribution >= 4 is 11.9 Å². The maximum Gasteiger partial charge on any atom is 0.308 e. The largest absolute Gasteiger partial charge is 0.461 e. The highest BCUT2D eigenvalue weighted by Crippen LogP contribution is 2.50. The minimum atomic E-state index is -0.533. The van der Waals surface area contributed by atoms with Gasteiger partial charge >= 0.3 is 11.9 Å². The van der Waals surface area contributed by atoms with E-state index in [1.165, 1.54) is 0 Å². The highest BCUT2D eigenvalue weighted by atomic mass is 16.5. The number of aliphatic hydroxyl groups is 2. The molecule has 0 aromatic rings. The molecule has 0 amide bonds. The molecule has 260 valence electrons. The molecular weight excluding hydrogens is 576 g/mol. The van der Waals surface area contributed by atoms with Crippen LogP contribution in [0.1, 0.15) is 109 Å². The second-order valence-corrected chi connectivity index (χ2v) is 16.7. The van der Waals surface area contributed by atoms with Gasteiger partial charge in [-0.05, 0) is 58.5 Å². The Bertz CT molecular complexity index is 1180. The molecule has 12 unspecified atom stereocenters. The average Bonchev–Trinajstić information content (AvgIpc) is 2.96. The first kappa shape index (κ1) is 38.3. The Morgan fingerprint density at radius 1 is 0.804 bits per heavy atom. The van der Waals surface area contributed by atoms with E-state index in [4.69, 9.17) is 9.47 Å². The first-order valence-corrected chi connectivity index (χ1v) is 17.9. The highest BCUT2D eigenvalue weighted by Gasteiger charge is 2.48. The van der Waals surface area contributed by atoms with Gasteiger partial charge in [0.1, 0.15) is 12.2 Å². The van der Waals surface area contributed by atoms with E-state index in [2.05, 4.69) is 79.7 Å². The maximum atomic E-state index is 12.3. The third kappa shape index (κ3) is 8.83. The van der Waals surface area contributed by atoms with Crippen molar-refractivity contribution < 1.29 is 29.3 Å². The molecule has 0 radical (unpaired) electrons. The zero-order valence-corrected chi connectivity index (χ0v) is 30.7.